The zero-order valence-electron chi connectivity index (χ0n) is 13.3. The molecule has 3 heterocycles. The number of fused-ring (bicyclic) bond motifs is 1. The van der Waals surface area contributed by atoms with Gasteiger partial charge in [-0.1, -0.05) is 6.92 Å². The Hall–Kier alpha value is -1.80. The number of hydrogen-bond donors (Lipinski definition) is 1. The van der Waals surface area contributed by atoms with Gasteiger partial charge in [-0.2, -0.15) is 5.10 Å². The van der Waals surface area contributed by atoms with E-state index in [4.69, 9.17) is 4.74 Å². The van der Waals surface area contributed by atoms with Crippen LogP contribution in [0.1, 0.15) is 30.5 Å². The van der Waals surface area contributed by atoms with Crippen LogP contribution in [0.5, 0.6) is 0 Å². The Balaban J connectivity index is 1.75. The molecular formula is C15H20N4O3S. The summed E-state index contributed by atoms with van der Waals surface area (Å²) in [5, 5.41) is 7.96. The summed E-state index contributed by atoms with van der Waals surface area (Å²) < 4.78 is 7.47. The van der Waals surface area contributed by atoms with Crippen molar-refractivity contribution in [3.63, 3.8) is 0 Å². The lowest BCUT2D eigenvalue weighted by Gasteiger charge is -2.11. The highest BCUT2D eigenvalue weighted by atomic mass is 32.1. The number of thiazole rings is 1. The first kappa shape index (κ1) is 16.1. The van der Waals surface area contributed by atoms with E-state index in [1.165, 1.54) is 16.0 Å². The van der Waals surface area contributed by atoms with Gasteiger partial charge in [0.05, 0.1) is 21.5 Å². The highest BCUT2D eigenvalue weighted by Gasteiger charge is 2.18. The minimum Gasteiger partial charge on any atom is -0.376 e. The summed E-state index contributed by atoms with van der Waals surface area (Å²) >= 11 is 1.49. The quantitative estimate of drug-likeness (QED) is 0.881. The van der Waals surface area contributed by atoms with Crippen molar-refractivity contribution >= 4 is 27.5 Å². The lowest BCUT2D eigenvalue weighted by molar-refractivity contribution is -0.122. The molecule has 1 atom stereocenters. The minimum absolute atomic E-state index is 0.0819. The first-order valence-corrected chi connectivity index (χ1v) is 8.65. The number of hydrogen-bond acceptors (Lipinski definition) is 6. The normalized spacial score (nSPS) is 17.7. The Bertz CT molecular complexity index is 777. The second-order valence-corrected chi connectivity index (χ2v) is 6.71. The Labute approximate surface area is 137 Å². The van der Waals surface area contributed by atoms with E-state index in [0.29, 0.717) is 12.1 Å². The van der Waals surface area contributed by atoms with Crippen LogP contribution in [0.2, 0.25) is 0 Å². The highest BCUT2D eigenvalue weighted by Crippen LogP contribution is 2.21. The van der Waals surface area contributed by atoms with Gasteiger partial charge in [-0.3, -0.25) is 9.59 Å². The molecule has 3 rings (SSSR count). The molecule has 0 saturated carbocycles. The molecular weight excluding hydrogens is 316 g/mol. The topological polar surface area (TPSA) is 86.1 Å². The average molecular weight is 336 g/mol. The molecule has 1 aliphatic heterocycles. The smallest absolute Gasteiger partial charge is 0.294 e. The summed E-state index contributed by atoms with van der Waals surface area (Å²) in [7, 11) is 0. The van der Waals surface area contributed by atoms with Gasteiger partial charge in [-0.25, -0.2) is 9.67 Å². The number of nitrogens with one attached hydrogen (secondary N) is 1. The van der Waals surface area contributed by atoms with Crippen molar-refractivity contribution in [1.82, 2.24) is 20.1 Å². The van der Waals surface area contributed by atoms with Crippen LogP contribution in [-0.2, 0) is 22.5 Å². The molecule has 2 aromatic heterocycles. The van der Waals surface area contributed by atoms with Gasteiger partial charge in [-0.05, 0) is 26.2 Å². The van der Waals surface area contributed by atoms with Gasteiger partial charge in [0.2, 0.25) is 5.91 Å². The van der Waals surface area contributed by atoms with Crippen molar-refractivity contribution < 1.29 is 9.53 Å². The maximum absolute atomic E-state index is 12.4. The first-order valence-electron chi connectivity index (χ1n) is 7.84. The Morgan fingerprint density at radius 3 is 3.04 bits per heavy atom. The van der Waals surface area contributed by atoms with Crippen molar-refractivity contribution in [3.05, 3.63) is 21.1 Å². The molecule has 0 radical (unpaired) electrons. The summed E-state index contributed by atoms with van der Waals surface area (Å²) in [6, 6.07) is 0. The van der Waals surface area contributed by atoms with Crippen LogP contribution >= 0.6 is 11.3 Å². The zero-order valence-corrected chi connectivity index (χ0v) is 14.1. The number of aryl methyl sites for hydroxylation is 2. The predicted molar refractivity (Wildman–Crippen MR) is 87.8 cm³/mol. The maximum Gasteiger partial charge on any atom is 0.294 e. The van der Waals surface area contributed by atoms with Crippen LogP contribution in [0.25, 0.3) is 10.2 Å². The summed E-state index contributed by atoms with van der Waals surface area (Å²) in [4.78, 5) is 28.9. The number of aromatic nitrogens is 3. The van der Waals surface area contributed by atoms with Gasteiger partial charge >= 0.3 is 0 Å². The third-order valence-corrected chi connectivity index (χ3v) is 5.16. The van der Waals surface area contributed by atoms with E-state index in [1.807, 2.05) is 13.8 Å². The molecule has 0 aliphatic carbocycles. The standard InChI is InChI=1S/C15H20N4O3S/c1-3-12-17-13-14(23-12)9(2)18-19(15(13)21)8-11(20)16-7-10-5-4-6-22-10/h10H,3-8H2,1-2H3,(H,16,20)/t10-/m1/s1. The van der Waals surface area contributed by atoms with Gasteiger partial charge in [0.1, 0.15) is 6.54 Å². The second-order valence-electron chi connectivity index (χ2n) is 5.63. The van der Waals surface area contributed by atoms with Crippen LogP contribution < -0.4 is 10.9 Å². The molecule has 1 aliphatic rings. The molecule has 0 spiro atoms. The molecule has 8 heteroatoms. The first-order chi connectivity index (χ1) is 11.1. The van der Waals surface area contributed by atoms with Crippen molar-refractivity contribution in [1.29, 1.82) is 0 Å². The predicted octanol–water partition coefficient (Wildman–Crippen LogP) is 1.02. The molecule has 7 nitrogen and oxygen atoms in total. The summed E-state index contributed by atoms with van der Waals surface area (Å²) in [5.74, 6) is -0.236. The Morgan fingerprint density at radius 2 is 2.35 bits per heavy atom. The molecule has 0 bridgehead atoms. The van der Waals surface area contributed by atoms with E-state index < -0.39 is 0 Å². The SMILES string of the molecule is CCc1nc2c(=O)n(CC(=O)NC[C@H]3CCCO3)nc(C)c2s1. The molecule has 124 valence electrons. The largest absolute Gasteiger partial charge is 0.376 e. The fourth-order valence-electron chi connectivity index (χ4n) is 2.63. The van der Waals surface area contributed by atoms with Gasteiger partial charge < -0.3 is 10.1 Å². The van der Waals surface area contributed by atoms with Crippen LogP contribution in [0.3, 0.4) is 0 Å². The minimum atomic E-state index is -0.311. The lowest BCUT2D eigenvalue weighted by Crippen LogP contribution is -2.37. The number of rotatable bonds is 5. The third-order valence-electron chi connectivity index (χ3n) is 3.85. The summed E-state index contributed by atoms with van der Waals surface area (Å²) in [6.45, 7) is 4.96. The van der Waals surface area contributed by atoms with Crippen LogP contribution in [0.4, 0.5) is 0 Å². The van der Waals surface area contributed by atoms with Gasteiger partial charge in [-0.15, -0.1) is 11.3 Å². The van der Waals surface area contributed by atoms with Crippen LogP contribution in [-0.4, -0.2) is 39.9 Å². The van der Waals surface area contributed by atoms with Crippen molar-refractivity contribution in [2.24, 2.45) is 0 Å². The molecule has 1 saturated heterocycles. The van der Waals surface area contributed by atoms with Gasteiger partial charge in [0.15, 0.2) is 5.52 Å². The van der Waals surface area contributed by atoms with E-state index in [2.05, 4.69) is 15.4 Å². The highest BCUT2D eigenvalue weighted by molar-refractivity contribution is 7.18. The van der Waals surface area contributed by atoms with Crippen molar-refractivity contribution in [2.45, 2.75) is 45.8 Å². The van der Waals surface area contributed by atoms with E-state index in [9.17, 15) is 9.59 Å². The zero-order chi connectivity index (χ0) is 16.4. The third kappa shape index (κ3) is 3.42. The van der Waals surface area contributed by atoms with Gasteiger partial charge in [0.25, 0.3) is 5.56 Å². The number of carbonyl (C=O) groups excluding carboxylic acids is 1. The Morgan fingerprint density at radius 1 is 1.52 bits per heavy atom. The summed E-state index contributed by atoms with van der Waals surface area (Å²) in [5.41, 5.74) is 0.823. The van der Waals surface area contributed by atoms with Gasteiger partial charge in [0, 0.05) is 13.2 Å². The van der Waals surface area contributed by atoms with Crippen LogP contribution in [0.15, 0.2) is 4.79 Å². The number of ether oxygens (including phenoxy) is 1. The number of amides is 1. The fraction of sp³-hybridized carbons (Fsp3) is 0.600. The maximum atomic E-state index is 12.4. The lowest BCUT2D eigenvalue weighted by atomic mass is 10.2. The molecule has 1 amide bonds. The molecule has 23 heavy (non-hydrogen) atoms. The van der Waals surface area contributed by atoms with Crippen molar-refractivity contribution in [2.75, 3.05) is 13.2 Å². The Kier molecular flexibility index (Phi) is 4.72. The average Bonchev–Trinajstić information content (AvgIpc) is 3.19. The van der Waals surface area contributed by atoms with Crippen LogP contribution in [0, 0.1) is 6.92 Å². The van der Waals surface area contributed by atoms with E-state index >= 15 is 0 Å². The molecule has 1 fully saturated rings. The molecule has 2 aromatic rings. The molecule has 0 aromatic carbocycles. The summed E-state index contributed by atoms with van der Waals surface area (Å²) in [6.07, 6.45) is 2.85. The number of carbonyl (C=O) groups is 1. The monoisotopic (exact) mass is 336 g/mol. The second kappa shape index (κ2) is 6.76. The number of nitrogens with zero attached hydrogens (tertiary/aromatic N) is 3. The molecule has 0 unspecified atom stereocenters. The van der Waals surface area contributed by atoms with E-state index in [-0.39, 0.29) is 24.1 Å². The molecule has 1 N–H and O–H groups in total. The van der Waals surface area contributed by atoms with E-state index in [0.717, 1.165) is 41.3 Å². The van der Waals surface area contributed by atoms with Crippen molar-refractivity contribution in [3.8, 4) is 0 Å². The fourth-order valence-corrected chi connectivity index (χ4v) is 3.57. The van der Waals surface area contributed by atoms with E-state index in [1.54, 1.807) is 0 Å².